The molecule has 0 radical (unpaired) electrons. The Balaban J connectivity index is 1.30. The number of aryl methyl sites for hydroxylation is 1. The third-order valence-corrected chi connectivity index (χ3v) is 5.66. The Labute approximate surface area is 173 Å². The molecule has 0 amide bonds. The third kappa shape index (κ3) is 4.83. The van der Waals surface area contributed by atoms with Crippen molar-refractivity contribution in [2.45, 2.75) is 26.9 Å². The molecule has 152 valence electrons. The van der Waals surface area contributed by atoms with E-state index in [1.54, 1.807) is 0 Å². The topological polar surface area (TPSA) is 60.1 Å². The number of hydrogen-bond acceptors (Lipinski definition) is 5. The molecular formula is C23H30N6. The van der Waals surface area contributed by atoms with Crippen LogP contribution >= 0.6 is 0 Å². The summed E-state index contributed by atoms with van der Waals surface area (Å²) < 4.78 is 0. The molecule has 1 aliphatic heterocycles. The number of nitrogens with one attached hydrogen (secondary N) is 2. The lowest BCUT2D eigenvalue weighted by atomic mass is 10.1. The minimum absolute atomic E-state index is 0.764. The van der Waals surface area contributed by atoms with Gasteiger partial charge >= 0.3 is 0 Å². The van der Waals surface area contributed by atoms with E-state index in [4.69, 9.17) is 4.98 Å². The van der Waals surface area contributed by atoms with Gasteiger partial charge in [-0.3, -0.25) is 5.10 Å². The zero-order valence-electron chi connectivity index (χ0n) is 17.4. The summed E-state index contributed by atoms with van der Waals surface area (Å²) in [5.41, 5.74) is 5.88. The van der Waals surface area contributed by atoms with E-state index in [1.165, 1.54) is 22.3 Å². The molecule has 0 aliphatic carbocycles. The fourth-order valence-corrected chi connectivity index (χ4v) is 3.76. The van der Waals surface area contributed by atoms with E-state index in [0.29, 0.717) is 0 Å². The maximum absolute atomic E-state index is 4.69. The first-order chi connectivity index (χ1) is 14.2. The SMILES string of the molecule is CCN1CCN(c2ccc(CNCc3cn[nH]c3-c3ccc(C)cc3)cn2)CC1. The number of hydrogen-bond donors (Lipinski definition) is 2. The van der Waals surface area contributed by atoms with E-state index in [1.807, 2.05) is 12.4 Å². The minimum atomic E-state index is 0.764. The molecule has 0 atom stereocenters. The summed E-state index contributed by atoms with van der Waals surface area (Å²) in [6.07, 6.45) is 3.89. The van der Waals surface area contributed by atoms with Gasteiger partial charge in [-0.15, -0.1) is 0 Å². The minimum Gasteiger partial charge on any atom is -0.354 e. The standard InChI is InChI=1S/C23H30N6/c1-3-28-10-12-29(13-11-28)22-9-6-19(15-25-22)14-24-16-21-17-26-27-23(21)20-7-4-18(2)5-8-20/h4-9,15,17,24H,3,10-14,16H2,1-2H3,(H,26,27). The van der Waals surface area contributed by atoms with Crippen LogP contribution in [0.15, 0.2) is 48.8 Å². The summed E-state index contributed by atoms with van der Waals surface area (Å²) in [5, 5.41) is 10.9. The molecule has 1 aliphatic rings. The van der Waals surface area contributed by atoms with Crippen molar-refractivity contribution in [3.05, 3.63) is 65.5 Å². The van der Waals surface area contributed by atoms with Gasteiger partial charge in [0.05, 0.1) is 11.9 Å². The number of anilines is 1. The number of pyridine rings is 1. The van der Waals surface area contributed by atoms with E-state index in [-0.39, 0.29) is 0 Å². The maximum atomic E-state index is 4.69. The number of rotatable bonds is 7. The van der Waals surface area contributed by atoms with Gasteiger partial charge in [0, 0.05) is 51.0 Å². The Bertz CT molecular complexity index is 892. The molecule has 1 saturated heterocycles. The highest BCUT2D eigenvalue weighted by Gasteiger charge is 2.16. The van der Waals surface area contributed by atoms with Crippen molar-refractivity contribution in [2.75, 3.05) is 37.6 Å². The average molecular weight is 391 g/mol. The molecular weight excluding hydrogens is 360 g/mol. The highest BCUT2D eigenvalue weighted by atomic mass is 15.3. The molecule has 6 nitrogen and oxygen atoms in total. The average Bonchev–Trinajstić information content (AvgIpc) is 3.23. The second-order valence-corrected chi connectivity index (χ2v) is 7.69. The molecule has 4 rings (SSSR count). The Morgan fingerprint density at radius 1 is 0.966 bits per heavy atom. The summed E-state index contributed by atoms with van der Waals surface area (Å²) in [6, 6.07) is 12.8. The molecule has 2 N–H and O–H groups in total. The van der Waals surface area contributed by atoms with Crippen LogP contribution in [0, 0.1) is 6.92 Å². The molecule has 6 heteroatoms. The molecule has 0 spiro atoms. The largest absolute Gasteiger partial charge is 0.354 e. The second-order valence-electron chi connectivity index (χ2n) is 7.69. The van der Waals surface area contributed by atoms with Crippen molar-refractivity contribution in [2.24, 2.45) is 0 Å². The normalized spacial score (nSPS) is 15.0. The molecule has 3 heterocycles. The zero-order valence-corrected chi connectivity index (χ0v) is 17.4. The van der Waals surface area contributed by atoms with Crippen LogP contribution in [-0.4, -0.2) is 52.8 Å². The van der Waals surface area contributed by atoms with Gasteiger partial charge in [-0.25, -0.2) is 4.98 Å². The highest BCUT2D eigenvalue weighted by Crippen LogP contribution is 2.21. The van der Waals surface area contributed by atoms with Gasteiger partial charge < -0.3 is 15.1 Å². The van der Waals surface area contributed by atoms with E-state index in [0.717, 1.165) is 57.3 Å². The zero-order chi connectivity index (χ0) is 20.1. The molecule has 1 aromatic carbocycles. The van der Waals surface area contributed by atoms with Crippen molar-refractivity contribution >= 4 is 5.82 Å². The Hall–Kier alpha value is -2.70. The molecule has 2 aromatic heterocycles. The van der Waals surface area contributed by atoms with Gasteiger partial charge in [-0.2, -0.15) is 5.10 Å². The molecule has 0 bridgehead atoms. The Morgan fingerprint density at radius 3 is 2.45 bits per heavy atom. The van der Waals surface area contributed by atoms with Gasteiger partial charge in [0.25, 0.3) is 0 Å². The Kier molecular flexibility index (Phi) is 6.22. The number of nitrogens with zero attached hydrogens (tertiary/aromatic N) is 4. The third-order valence-electron chi connectivity index (χ3n) is 5.66. The van der Waals surface area contributed by atoms with Gasteiger partial charge in [0.1, 0.15) is 5.82 Å². The van der Waals surface area contributed by atoms with E-state index in [2.05, 4.69) is 75.6 Å². The quantitative estimate of drug-likeness (QED) is 0.649. The summed E-state index contributed by atoms with van der Waals surface area (Å²) in [7, 11) is 0. The van der Waals surface area contributed by atoms with Crippen LogP contribution in [0.1, 0.15) is 23.6 Å². The van der Waals surface area contributed by atoms with Crippen molar-refractivity contribution in [1.82, 2.24) is 25.4 Å². The number of aromatic amines is 1. The smallest absolute Gasteiger partial charge is 0.128 e. The van der Waals surface area contributed by atoms with Crippen molar-refractivity contribution in [3.63, 3.8) is 0 Å². The van der Waals surface area contributed by atoms with Crippen LogP contribution in [-0.2, 0) is 13.1 Å². The van der Waals surface area contributed by atoms with Crippen LogP contribution in [0.25, 0.3) is 11.3 Å². The predicted molar refractivity (Wildman–Crippen MR) is 118 cm³/mol. The lowest BCUT2D eigenvalue weighted by molar-refractivity contribution is 0.270. The van der Waals surface area contributed by atoms with E-state index < -0.39 is 0 Å². The lowest BCUT2D eigenvalue weighted by Crippen LogP contribution is -2.46. The molecule has 3 aromatic rings. The number of H-pyrrole nitrogens is 1. The van der Waals surface area contributed by atoms with E-state index in [9.17, 15) is 0 Å². The summed E-state index contributed by atoms with van der Waals surface area (Å²) in [4.78, 5) is 9.55. The summed E-state index contributed by atoms with van der Waals surface area (Å²) in [5.74, 6) is 1.08. The van der Waals surface area contributed by atoms with Crippen molar-refractivity contribution in [3.8, 4) is 11.3 Å². The van der Waals surface area contributed by atoms with Crippen LogP contribution < -0.4 is 10.2 Å². The first-order valence-corrected chi connectivity index (χ1v) is 10.4. The number of piperazine rings is 1. The second kappa shape index (κ2) is 9.20. The first kappa shape index (κ1) is 19.6. The summed E-state index contributed by atoms with van der Waals surface area (Å²) >= 11 is 0. The lowest BCUT2D eigenvalue weighted by Gasteiger charge is -2.34. The molecule has 1 fully saturated rings. The highest BCUT2D eigenvalue weighted by molar-refractivity contribution is 5.62. The molecule has 0 saturated carbocycles. The van der Waals surface area contributed by atoms with E-state index >= 15 is 0 Å². The number of aromatic nitrogens is 3. The fourth-order valence-electron chi connectivity index (χ4n) is 3.76. The van der Waals surface area contributed by atoms with Gasteiger partial charge in [0.2, 0.25) is 0 Å². The first-order valence-electron chi connectivity index (χ1n) is 10.4. The Morgan fingerprint density at radius 2 is 1.76 bits per heavy atom. The number of likely N-dealkylation sites (N-methyl/N-ethyl adjacent to an activating group) is 1. The molecule has 29 heavy (non-hydrogen) atoms. The van der Waals surface area contributed by atoms with Gasteiger partial charge in [-0.1, -0.05) is 42.8 Å². The number of benzene rings is 1. The summed E-state index contributed by atoms with van der Waals surface area (Å²) in [6.45, 7) is 11.4. The van der Waals surface area contributed by atoms with Crippen molar-refractivity contribution < 1.29 is 0 Å². The fraction of sp³-hybridized carbons (Fsp3) is 0.391. The van der Waals surface area contributed by atoms with Crippen LogP contribution in [0.5, 0.6) is 0 Å². The molecule has 0 unspecified atom stereocenters. The van der Waals surface area contributed by atoms with Crippen LogP contribution in [0.2, 0.25) is 0 Å². The van der Waals surface area contributed by atoms with Crippen molar-refractivity contribution in [1.29, 1.82) is 0 Å². The monoisotopic (exact) mass is 390 g/mol. The van der Waals surface area contributed by atoms with Crippen LogP contribution in [0.3, 0.4) is 0 Å². The maximum Gasteiger partial charge on any atom is 0.128 e. The van der Waals surface area contributed by atoms with Gasteiger partial charge in [0.15, 0.2) is 0 Å². The van der Waals surface area contributed by atoms with Crippen LogP contribution in [0.4, 0.5) is 5.82 Å². The predicted octanol–water partition coefficient (Wildman–Crippen LogP) is 3.21. The van der Waals surface area contributed by atoms with Gasteiger partial charge in [-0.05, 0) is 30.7 Å².